The molecule has 0 spiro atoms. The molecule has 1 atom stereocenters. The minimum Gasteiger partial charge on any atom is -0.355 e. The molecule has 190 valence electrons. The quantitative estimate of drug-likeness (QED) is 0.223. The van der Waals surface area contributed by atoms with Gasteiger partial charge in [-0.15, -0.1) is 0 Å². The van der Waals surface area contributed by atoms with Gasteiger partial charge in [-0.3, -0.25) is 0 Å². The van der Waals surface area contributed by atoms with Gasteiger partial charge in [-0.05, 0) is 70.9 Å². The van der Waals surface area contributed by atoms with Gasteiger partial charge in [0.1, 0.15) is 0 Å². The predicted molar refractivity (Wildman–Crippen MR) is 165 cm³/mol. The molecule has 0 radical (unpaired) electrons. The van der Waals surface area contributed by atoms with E-state index in [1.54, 1.807) is 0 Å². The van der Waals surface area contributed by atoms with Gasteiger partial charge in [0.25, 0.3) is 0 Å². The highest BCUT2D eigenvalue weighted by Crippen LogP contribution is 2.43. The van der Waals surface area contributed by atoms with Crippen LogP contribution in [0.3, 0.4) is 0 Å². The number of nitrogens with zero attached hydrogens (tertiary/aromatic N) is 1. The number of hydrogen-bond donors (Lipinski definition) is 0. The van der Waals surface area contributed by atoms with Crippen LogP contribution in [0.15, 0.2) is 134 Å². The molecule has 1 aliphatic carbocycles. The van der Waals surface area contributed by atoms with E-state index in [1.807, 2.05) is 6.08 Å². The maximum absolute atomic E-state index is 3.98. The molecule has 0 fully saturated rings. The normalized spacial score (nSPS) is 15.1. The van der Waals surface area contributed by atoms with Gasteiger partial charge in [-0.25, -0.2) is 0 Å². The lowest BCUT2D eigenvalue weighted by atomic mass is 9.79. The Labute approximate surface area is 228 Å². The van der Waals surface area contributed by atoms with Crippen molar-refractivity contribution in [3.05, 3.63) is 151 Å². The molecule has 0 bridgehead atoms. The third-order valence-electron chi connectivity index (χ3n) is 8.08. The molecule has 4 aromatic carbocycles. The number of rotatable bonds is 9. The van der Waals surface area contributed by atoms with E-state index in [0.29, 0.717) is 0 Å². The predicted octanol–water partition coefficient (Wildman–Crippen LogP) is 9.93. The van der Waals surface area contributed by atoms with Crippen LogP contribution < -0.4 is 4.90 Å². The molecule has 1 unspecified atom stereocenters. The molecule has 0 heterocycles. The highest BCUT2D eigenvalue weighted by molar-refractivity contribution is 5.73. The largest absolute Gasteiger partial charge is 0.355 e. The van der Waals surface area contributed by atoms with E-state index >= 15 is 0 Å². The molecule has 1 nitrogen and oxygen atoms in total. The molecule has 0 N–H and O–H groups in total. The molecule has 0 amide bonds. The van der Waals surface area contributed by atoms with Crippen LogP contribution >= 0.6 is 0 Å². The summed E-state index contributed by atoms with van der Waals surface area (Å²) in [4.78, 5) is 2.69. The molecule has 5 rings (SSSR count). The van der Waals surface area contributed by atoms with Crippen LogP contribution in [0.1, 0.15) is 49.8 Å². The van der Waals surface area contributed by atoms with E-state index < -0.39 is 0 Å². The Morgan fingerprint density at radius 2 is 1.39 bits per heavy atom. The zero-order valence-corrected chi connectivity index (χ0v) is 22.6. The lowest BCUT2D eigenvalue weighted by Crippen LogP contribution is -2.51. The Morgan fingerprint density at radius 3 is 2.05 bits per heavy atom. The van der Waals surface area contributed by atoms with Crippen molar-refractivity contribution in [1.82, 2.24) is 0 Å². The van der Waals surface area contributed by atoms with Crippen molar-refractivity contribution in [2.24, 2.45) is 0 Å². The lowest BCUT2D eigenvalue weighted by Gasteiger charge is -2.49. The molecule has 0 saturated heterocycles. The molecular formula is C37H37N. The van der Waals surface area contributed by atoms with Crippen molar-refractivity contribution in [3.63, 3.8) is 0 Å². The zero-order chi connectivity index (χ0) is 26.4. The fourth-order valence-corrected chi connectivity index (χ4v) is 6.01. The number of anilines is 1. The summed E-state index contributed by atoms with van der Waals surface area (Å²) in [5, 5.41) is 0. The van der Waals surface area contributed by atoms with E-state index in [1.165, 1.54) is 33.5 Å². The van der Waals surface area contributed by atoms with Gasteiger partial charge in [0.15, 0.2) is 0 Å². The second-order valence-corrected chi connectivity index (χ2v) is 10.1. The van der Waals surface area contributed by atoms with Crippen molar-refractivity contribution >= 4 is 17.3 Å². The van der Waals surface area contributed by atoms with Crippen LogP contribution in [0.4, 0.5) is 5.69 Å². The van der Waals surface area contributed by atoms with Crippen molar-refractivity contribution in [2.45, 2.75) is 44.7 Å². The minimum atomic E-state index is -0.129. The average molecular weight is 496 g/mol. The second kappa shape index (κ2) is 11.5. The third-order valence-corrected chi connectivity index (χ3v) is 8.08. The zero-order valence-electron chi connectivity index (χ0n) is 22.6. The number of hydrogen-bond acceptors (Lipinski definition) is 1. The van der Waals surface area contributed by atoms with Crippen molar-refractivity contribution < 1.29 is 0 Å². The van der Waals surface area contributed by atoms with Crippen LogP contribution in [0.5, 0.6) is 0 Å². The Hall–Kier alpha value is -4.10. The Morgan fingerprint density at radius 1 is 0.763 bits per heavy atom. The third kappa shape index (κ3) is 5.02. The first kappa shape index (κ1) is 25.5. The number of benzene rings is 4. The van der Waals surface area contributed by atoms with Crippen LogP contribution in [0.25, 0.3) is 22.8 Å². The van der Waals surface area contributed by atoms with E-state index in [4.69, 9.17) is 0 Å². The monoisotopic (exact) mass is 495 g/mol. The van der Waals surface area contributed by atoms with Gasteiger partial charge in [0, 0.05) is 5.69 Å². The van der Waals surface area contributed by atoms with E-state index in [0.717, 1.165) is 24.8 Å². The average Bonchev–Trinajstić information content (AvgIpc) is 3.01. The maximum atomic E-state index is 3.98. The summed E-state index contributed by atoms with van der Waals surface area (Å²) >= 11 is 0. The molecule has 1 heteroatoms. The fraction of sp³-hybridized carbons (Fsp3) is 0.189. The van der Waals surface area contributed by atoms with Crippen molar-refractivity contribution in [3.8, 4) is 11.1 Å². The standard InChI is InChI=1S/C37H37N/c1-4-29-15-13-18-32(27-29)33-19-14-22-36(28-33)38(37(5-2,6-3)34-20-11-8-12-21-34)35-25-23-31(24-26-35)30-16-9-7-10-17-30/h4,7-27,36H,1,5-6,28H2,2-3H3. The van der Waals surface area contributed by atoms with Crippen molar-refractivity contribution in [1.29, 1.82) is 0 Å². The van der Waals surface area contributed by atoms with Crippen LogP contribution in [-0.2, 0) is 5.54 Å². The summed E-state index contributed by atoms with van der Waals surface area (Å²) in [6.45, 7) is 8.64. The van der Waals surface area contributed by atoms with Gasteiger partial charge < -0.3 is 4.90 Å². The minimum absolute atomic E-state index is 0.129. The van der Waals surface area contributed by atoms with E-state index in [-0.39, 0.29) is 11.6 Å². The summed E-state index contributed by atoms with van der Waals surface area (Å²) in [5.74, 6) is 0. The molecule has 1 aliphatic rings. The Kier molecular flexibility index (Phi) is 7.75. The van der Waals surface area contributed by atoms with Gasteiger partial charge >= 0.3 is 0 Å². The van der Waals surface area contributed by atoms with Gasteiger partial charge in [-0.1, -0.05) is 136 Å². The second-order valence-electron chi connectivity index (χ2n) is 10.1. The number of allylic oxidation sites excluding steroid dienone is 2. The Bertz CT molecular complexity index is 1410. The molecule has 38 heavy (non-hydrogen) atoms. The topological polar surface area (TPSA) is 3.24 Å². The molecule has 0 aliphatic heterocycles. The smallest absolute Gasteiger partial charge is 0.0654 e. The van der Waals surface area contributed by atoms with Crippen molar-refractivity contribution in [2.75, 3.05) is 4.90 Å². The molecule has 0 saturated carbocycles. The summed E-state index contributed by atoms with van der Waals surface area (Å²) in [6, 6.07) is 39.8. The highest BCUT2D eigenvalue weighted by atomic mass is 15.2. The summed E-state index contributed by atoms with van der Waals surface area (Å²) < 4.78 is 0. The lowest BCUT2D eigenvalue weighted by molar-refractivity contribution is 0.351. The van der Waals surface area contributed by atoms with Crippen LogP contribution in [0.2, 0.25) is 0 Å². The summed E-state index contributed by atoms with van der Waals surface area (Å²) in [5.41, 5.74) is 8.78. The van der Waals surface area contributed by atoms with Gasteiger partial charge in [0.2, 0.25) is 0 Å². The first-order chi connectivity index (χ1) is 18.7. The van der Waals surface area contributed by atoms with E-state index in [2.05, 4.69) is 153 Å². The van der Waals surface area contributed by atoms with Crippen LogP contribution in [-0.4, -0.2) is 6.04 Å². The maximum Gasteiger partial charge on any atom is 0.0654 e. The molecule has 0 aromatic heterocycles. The summed E-state index contributed by atoms with van der Waals surface area (Å²) in [7, 11) is 0. The fourth-order valence-electron chi connectivity index (χ4n) is 6.01. The first-order valence-electron chi connectivity index (χ1n) is 13.8. The first-order valence-corrected chi connectivity index (χ1v) is 13.8. The van der Waals surface area contributed by atoms with Gasteiger partial charge in [0.05, 0.1) is 11.6 Å². The van der Waals surface area contributed by atoms with Gasteiger partial charge in [-0.2, -0.15) is 0 Å². The summed E-state index contributed by atoms with van der Waals surface area (Å²) in [6.07, 6.45) is 11.8. The SMILES string of the molecule is C=Cc1cccc(C2=CC=CC(N(c3ccc(-c4ccccc4)cc3)C(CC)(CC)c3ccccc3)C2)c1. The molecule has 4 aromatic rings. The highest BCUT2D eigenvalue weighted by Gasteiger charge is 2.39. The Balaban J connectivity index is 1.59. The van der Waals surface area contributed by atoms with Crippen LogP contribution in [0, 0.1) is 0 Å². The van der Waals surface area contributed by atoms with E-state index in [9.17, 15) is 0 Å². The molecular weight excluding hydrogens is 458 g/mol.